The predicted octanol–water partition coefficient (Wildman–Crippen LogP) is 1.51. The summed E-state index contributed by atoms with van der Waals surface area (Å²) < 4.78 is 0. The van der Waals surface area contributed by atoms with E-state index in [0.717, 1.165) is 25.7 Å². The Morgan fingerprint density at radius 2 is 1.93 bits per heavy atom. The minimum Gasteiger partial charge on any atom is -0.323 e. The van der Waals surface area contributed by atoms with E-state index in [0.29, 0.717) is 12.5 Å². The van der Waals surface area contributed by atoms with E-state index in [1.54, 1.807) is 0 Å². The minimum atomic E-state index is -0.536. The Bertz CT molecular complexity index is 293. The molecule has 2 fully saturated rings. The van der Waals surface area contributed by atoms with Crippen LogP contribution in [0.4, 0.5) is 4.79 Å². The van der Waals surface area contributed by atoms with Crippen LogP contribution >= 0.6 is 0 Å². The van der Waals surface area contributed by atoms with Crippen molar-refractivity contribution in [3.63, 3.8) is 0 Å². The lowest BCUT2D eigenvalue weighted by molar-refractivity contribution is -0.131. The van der Waals surface area contributed by atoms with Gasteiger partial charge in [-0.1, -0.05) is 26.7 Å². The summed E-state index contributed by atoms with van der Waals surface area (Å²) in [7, 11) is 0. The summed E-state index contributed by atoms with van der Waals surface area (Å²) >= 11 is 0. The SMILES string of the molecule is CC(C)CN1C(=O)NC2(CCCC2)C1=O. The van der Waals surface area contributed by atoms with Crippen molar-refractivity contribution >= 4 is 11.9 Å². The van der Waals surface area contributed by atoms with Gasteiger partial charge < -0.3 is 5.32 Å². The molecule has 0 radical (unpaired) electrons. The summed E-state index contributed by atoms with van der Waals surface area (Å²) in [6.45, 7) is 4.56. The second-order valence-electron chi connectivity index (χ2n) is 5.03. The Morgan fingerprint density at radius 3 is 2.47 bits per heavy atom. The maximum Gasteiger partial charge on any atom is 0.325 e. The number of nitrogens with one attached hydrogen (secondary N) is 1. The minimum absolute atomic E-state index is 0.00120. The highest BCUT2D eigenvalue weighted by atomic mass is 16.2. The molecule has 1 saturated carbocycles. The molecule has 0 aromatic carbocycles. The average Bonchev–Trinajstić information content (AvgIpc) is 2.69. The van der Waals surface area contributed by atoms with Crippen LogP contribution in [0.25, 0.3) is 0 Å². The highest BCUT2D eigenvalue weighted by molar-refractivity contribution is 6.07. The van der Waals surface area contributed by atoms with Crippen molar-refractivity contribution in [2.24, 2.45) is 5.92 Å². The van der Waals surface area contributed by atoms with Gasteiger partial charge in [0, 0.05) is 6.54 Å². The van der Waals surface area contributed by atoms with Crippen molar-refractivity contribution in [1.82, 2.24) is 10.2 Å². The molecule has 1 spiro atoms. The van der Waals surface area contributed by atoms with Gasteiger partial charge in [-0.25, -0.2) is 4.79 Å². The molecule has 2 rings (SSSR count). The molecule has 3 amide bonds. The third-order valence-corrected chi connectivity index (χ3v) is 3.25. The van der Waals surface area contributed by atoms with Gasteiger partial charge in [0.1, 0.15) is 5.54 Å². The highest BCUT2D eigenvalue weighted by Gasteiger charge is 2.52. The molecule has 1 aliphatic heterocycles. The number of nitrogens with zero attached hydrogens (tertiary/aromatic N) is 1. The fourth-order valence-corrected chi connectivity index (χ4v) is 2.52. The van der Waals surface area contributed by atoms with Crippen molar-refractivity contribution in [3.8, 4) is 0 Å². The summed E-state index contributed by atoms with van der Waals surface area (Å²) in [5.41, 5.74) is -0.536. The van der Waals surface area contributed by atoms with Crippen molar-refractivity contribution < 1.29 is 9.59 Å². The van der Waals surface area contributed by atoms with E-state index >= 15 is 0 Å². The molecule has 4 nitrogen and oxygen atoms in total. The van der Waals surface area contributed by atoms with E-state index in [9.17, 15) is 9.59 Å². The van der Waals surface area contributed by atoms with Crippen LogP contribution in [0.5, 0.6) is 0 Å². The molecular formula is C11H18N2O2. The smallest absolute Gasteiger partial charge is 0.323 e. The first-order valence-electron chi connectivity index (χ1n) is 5.69. The van der Waals surface area contributed by atoms with Gasteiger partial charge in [0.15, 0.2) is 0 Å². The van der Waals surface area contributed by atoms with Crippen molar-refractivity contribution in [2.45, 2.75) is 45.1 Å². The summed E-state index contributed by atoms with van der Waals surface area (Å²) in [6, 6.07) is -0.199. The summed E-state index contributed by atoms with van der Waals surface area (Å²) in [5.74, 6) is 0.329. The molecule has 1 N–H and O–H groups in total. The molecule has 4 heteroatoms. The Kier molecular flexibility index (Phi) is 2.44. The molecule has 0 aromatic heterocycles. The fraction of sp³-hybridized carbons (Fsp3) is 0.818. The van der Waals surface area contributed by atoms with Crippen LogP contribution in [0.3, 0.4) is 0 Å². The normalized spacial score (nSPS) is 24.3. The summed E-state index contributed by atoms with van der Waals surface area (Å²) in [4.78, 5) is 25.2. The van der Waals surface area contributed by atoms with Gasteiger partial charge in [-0.2, -0.15) is 0 Å². The van der Waals surface area contributed by atoms with Gasteiger partial charge in [0.2, 0.25) is 0 Å². The topological polar surface area (TPSA) is 49.4 Å². The van der Waals surface area contributed by atoms with Crippen molar-refractivity contribution in [2.75, 3.05) is 6.54 Å². The molecular weight excluding hydrogens is 192 g/mol. The maximum atomic E-state index is 12.1. The molecule has 15 heavy (non-hydrogen) atoms. The first kappa shape index (κ1) is 10.5. The van der Waals surface area contributed by atoms with Crippen LogP contribution < -0.4 is 5.32 Å². The fourth-order valence-electron chi connectivity index (χ4n) is 2.52. The molecule has 1 heterocycles. The lowest BCUT2D eigenvalue weighted by atomic mass is 9.98. The van der Waals surface area contributed by atoms with E-state index in [1.165, 1.54) is 4.90 Å². The first-order valence-corrected chi connectivity index (χ1v) is 5.69. The number of rotatable bonds is 2. The van der Waals surface area contributed by atoms with Crippen LogP contribution in [0, 0.1) is 5.92 Å². The third-order valence-electron chi connectivity index (χ3n) is 3.25. The number of urea groups is 1. The van der Waals surface area contributed by atoms with Crippen LogP contribution in [0.2, 0.25) is 0 Å². The van der Waals surface area contributed by atoms with Gasteiger partial charge in [-0.3, -0.25) is 9.69 Å². The molecule has 2 aliphatic rings. The Morgan fingerprint density at radius 1 is 1.33 bits per heavy atom. The number of amides is 3. The molecule has 0 aromatic rings. The molecule has 0 bridgehead atoms. The Labute approximate surface area is 90.0 Å². The summed E-state index contributed by atoms with van der Waals surface area (Å²) in [6.07, 6.45) is 3.71. The van der Waals surface area contributed by atoms with Gasteiger partial charge in [0.05, 0.1) is 0 Å². The van der Waals surface area contributed by atoms with E-state index < -0.39 is 5.54 Å². The molecule has 0 atom stereocenters. The Hall–Kier alpha value is -1.06. The van der Waals surface area contributed by atoms with Gasteiger partial charge in [-0.05, 0) is 18.8 Å². The predicted molar refractivity (Wildman–Crippen MR) is 56.3 cm³/mol. The quantitative estimate of drug-likeness (QED) is 0.702. The van der Waals surface area contributed by atoms with Crippen molar-refractivity contribution in [1.29, 1.82) is 0 Å². The van der Waals surface area contributed by atoms with E-state index in [1.807, 2.05) is 13.8 Å². The molecule has 1 saturated heterocycles. The standard InChI is InChI=1S/C11H18N2O2/c1-8(2)7-13-9(14)11(12-10(13)15)5-3-4-6-11/h8H,3-7H2,1-2H3,(H,12,15). The number of hydrogen-bond donors (Lipinski definition) is 1. The van der Waals surface area contributed by atoms with Gasteiger partial charge in [-0.15, -0.1) is 0 Å². The highest BCUT2D eigenvalue weighted by Crippen LogP contribution is 2.35. The first-order chi connectivity index (χ1) is 7.05. The van der Waals surface area contributed by atoms with Gasteiger partial charge in [0.25, 0.3) is 5.91 Å². The molecule has 84 valence electrons. The zero-order chi connectivity index (χ0) is 11.1. The molecule has 0 unspecified atom stereocenters. The number of imide groups is 1. The number of hydrogen-bond acceptors (Lipinski definition) is 2. The maximum absolute atomic E-state index is 12.1. The van der Waals surface area contributed by atoms with Crippen molar-refractivity contribution in [3.05, 3.63) is 0 Å². The van der Waals surface area contributed by atoms with Crippen LogP contribution in [0.1, 0.15) is 39.5 Å². The zero-order valence-corrected chi connectivity index (χ0v) is 9.38. The van der Waals surface area contributed by atoms with Crippen LogP contribution in [-0.2, 0) is 4.79 Å². The van der Waals surface area contributed by atoms with Crippen LogP contribution in [-0.4, -0.2) is 28.9 Å². The average molecular weight is 210 g/mol. The van der Waals surface area contributed by atoms with Gasteiger partial charge >= 0.3 is 6.03 Å². The third kappa shape index (κ3) is 1.62. The largest absolute Gasteiger partial charge is 0.325 e. The monoisotopic (exact) mass is 210 g/mol. The zero-order valence-electron chi connectivity index (χ0n) is 9.38. The number of carbonyl (C=O) groups is 2. The van der Waals surface area contributed by atoms with E-state index in [-0.39, 0.29) is 11.9 Å². The summed E-state index contributed by atoms with van der Waals surface area (Å²) in [5, 5.41) is 2.87. The number of carbonyl (C=O) groups excluding carboxylic acids is 2. The second kappa shape index (κ2) is 3.51. The van der Waals surface area contributed by atoms with E-state index in [2.05, 4.69) is 5.32 Å². The Balaban J connectivity index is 2.15. The second-order valence-corrected chi connectivity index (χ2v) is 5.03. The lowest BCUT2D eigenvalue weighted by Gasteiger charge is -2.20. The van der Waals surface area contributed by atoms with E-state index in [4.69, 9.17) is 0 Å². The van der Waals surface area contributed by atoms with Crippen LogP contribution in [0.15, 0.2) is 0 Å². The molecule has 1 aliphatic carbocycles. The lowest BCUT2D eigenvalue weighted by Crippen LogP contribution is -2.44.